The van der Waals surface area contributed by atoms with E-state index in [-0.39, 0.29) is 11.8 Å². The Labute approximate surface area is 113 Å². The molecule has 1 aliphatic rings. The van der Waals surface area contributed by atoms with Gasteiger partial charge < -0.3 is 0 Å². The number of aromatic nitrogens is 2. The lowest BCUT2D eigenvalue weighted by Gasteiger charge is -2.19. The van der Waals surface area contributed by atoms with Crippen molar-refractivity contribution in [1.29, 1.82) is 0 Å². The van der Waals surface area contributed by atoms with E-state index in [4.69, 9.17) is 11.6 Å². The van der Waals surface area contributed by atoms with Crippen LogP contribution in [0.15, 0.2) is 6.07 Å². The minimum Gasteiger partial charge on any atom is -0.272 e. The molecule has 1 aromatic rings. The predicted octanol–water partition coefficient (Wildman–Crippen LogP) is 1.56. The minimum absolute atomic E-state index is 0.197. The van der Waals surface area contributed by atoms with Crippen LogP contribution in [-0.4, -0.2) is 35.6 Å². The minimum atomic E-state index is -2.83. The van der Waals surface area contributed by atoms with Crippen molar-refractivity contribution >= 4 is 21.4 Å². The molecule has 1 fully saturated rings. The maximum Gasteiger partial charge on any atom is 0.150 e. The molecule has 102 valence electrons. The van der Waals surface area contributed by atoms with Crippen LogP contribution in [0, 0.1) is 18.8 Å². The van der Waals surface area contributed by atoms with E-state index in [2.05, 4.69) is 5.10 Å². The first kappa shape index (κ1) is 13.9. The average molecular weight is 291 g/mol. The predicted molar refractivity (Wildman–Crippen MR) is 72.6 cm³/mol. The van der Waals surface area contributed by atoms with Gasteiger partial charge in [0.2, 0.25) is 0 Å². The van der Waals surface area contributed by atoms with E-state index in [1.165, 1.54) is 0 Å². The Kier molecular flexibility index (Phi) is 4.02. The average Bonchev–Trinajstić information content (AvgIpc) is 2.78. The van der Waals surface area contributed by atoms with E-state index in [1.54, 1.807) is 0 Å². The molecule has 1 aliphatic heterocycles. The standard InChI is InChI=1S/C12H19ClN2O2S/c1-9-5-12(15(2)14-9)6-11(7-13)10-3-4-18(16,17)8-10/h5,10-11H,3-4,6-8H2,1-2H3. The lowest BCUT2D eigenvalue weighted by Crippen LogP contribution is -2.21. The summed E-state index contributed by atoms with van der Waals surface area (Å²) in [5, 5.41) is 4.31. The topological polar surface area (TPSA) is 52.0 Å². The summed E-state index contributed by atoms with van der Waals surface area (Å²) in [6.07, 6.45) is 1.55. The second kappa shape index (κ2) is 5.21. The van der Waals surface area contributed by atoms with Gasteiger partial charge in [0, 0.05) is 18.6 Å². The number of hydrogen-bond donors (Lipinski definition) is 0. The number of sulfone groups is 1. The van der Waals surface area contributed by atoms with E-state index in [0.717, 1.165) is 24.2 Å². The summed E-state index contributed by atoms with van der Waals surface area (Å²) < 4.78 is 24.9. The molecular formula is C12H19ClN2O2S. The van der Waals surface area contributed by atoms with Gasteiger partial charge in [-0.2, -0.15) is 5.10 Å². The van der Waals surface area contributed by atoms with E-state index in [9.17, 15) is 8.42 Å². The first-order valence-corrected chi connectivity index (χ1v) is 8.53. The molecule has 1 saturated heterocycles. The Hall–Kier alpha value is -0.550. The first-order valence-electron chi connectivity index (χ1n) is 6.17. The maximum atomic E-state index is 11.5. The van der Waals surface area contributed by atoms with Crippen LogP contribution in [0.2, 0.25) is 0 Å². The van der Waals surface area contributed by atoms with Gasteiger partial charge in [0.1, 0.15) is 0 Å². The lowest BCUT2D eigenvalue weighted by atomic mass is 9.89. The molecule has 18 heavy (non-hydrogen) atoms. The van der Waals surface area contributed by atoms with Crippen LogP contribution in [0.1, 0.15) is 17.8 Å². The van der Waals surface area contributed by atoms with Crippen LogP contribution >= 0.6 is 11.6 Å². The van der Waals surface area contributed by atoms with Gasteiger partial charge in [-0.3, -0.25) is 4.68 Å². The van der Waals surface area contributed by atoms with Crippen LogP contribution < -0.4 is 0 Å². The number of halogens is 1. The van der Waals surface area contributed by atoms with Gasteiger partial charge in [0.15, 0.2) is 9.84 Å². The van der Waals surface area contributed by atoms with E-state index < -0.39 is 9.84 Å². The molecule has 0 bridgehead atoms. The fourth-order valence-corrected chi connectivity index (χ4v) is 4.95. The van der Waals surface area contributed by atoms with Crippen LogP contribution in [0.3, 0.4) is 0 Å². The number of rotatable bonds is 4. The fraction of sp³-hybridized carbons (Fsp3) is 0.750. The van der Waals surface area contributed by atoms with Crippen LogP contribution in [0.5, 0.6) is 0 Å². The van der Waals surface area contributed by atoms with Gasteiger partial charge in [0.25, 0.3) is 0 Å². The molecule has 0 spiro atoms. The largest absolute Gasteiger partial charge is 0.272 e. The van der Waals surface area contributed by atoms with Crippen molar-refractivity contribution in [2.24, 2.45) is 18.9 Å². The van der Waals surface area contributed by atoms with Crippen molar-refractivity contribution in [2.45, 2.75) is 19.8 Å². The molecule has 0 aromatic carbocycles. The molecule has 6 heteroatoms. The number of nitrogens with zero attached hydrogens (tertiary/aromatic N) is 2. The van der Waals surface area contributed by atoms with Crippen molar-refractivity contribution in [3.63, 3.8) is 0 Å². The zero-order valence-electron chi connectivity index (χ0n) is 10.8. The van der Waals surface area contributed by atoms with Crippen LogP contribution in [0.4, 0.5) is 0 Å². The van der Waals surface area contributed by atoms with E-state index in [0.29, 0.717) is 17.4 Å². The smallest absolute Gasteiger partial charge is 0.150 e. The highest BCUT2D eigenvalue weighted by molar-refractivity contribution is 7.91. The Morgan fingerprint density at radius 1 is 1.61 bits per heavy atom. The van der Waals surface area contributed by atoms with Gasteiger partial charge in [-0.25, -0.2) is 8.42 Å². The van der Waals surface area contributed by atoms with Crippen molar-refractivity contribution in [1.82, 2.24) is 9.78 Å². The third kappa shape index (κ3) is 3.06. The summed E-state index contributed by atoms with van der Waals surface area (Å²) in [5.74, 6) is 1.53. The molecular weight excluding hydrogens is 272 g/mol. The molecule has 0 aliphatic carbocycles. The first-order chi connectivity index (χ1) is 8.41. The number of hydrogen-bond acceptors (Lipinski definition) is 3. The molecule has 2 atom stereocenters. The van der Waals surface area contributed by atoms with Gasteiger partial charge >= 0.3 is 0 Å². The monoisotopic (exact) mass is 290 g/mol. The van der Waals surface area contributed by atoms with Gasteiger partial charge in [-0.15, -0.1) is 11.6 Å². The normalized spacial score (nSPS) is 24.3. The Morgan fingerprint density at radius 3 is 2.78 bits per heavy atom. The Bertz CT molecular complexity index is 524. The molecule has 4 nitrogen and oxygen atoms in total. The van der Waals surface area contributed by atoms with Gasteiger partial charge in [-0.05, 0) is 37.7 Å². The summed E-state index contributed by atoms with van der Waals surface area (Å²) >= 11 is 6.03. The lowest BCUT2D eigenvalue weighted by molar-refractivity contribution is 0.389. The zero-order chi connectivity index (χ0) is 13.3. The summed E-state index contributed by atoms with van der Waals surface area (Å²) in [7, 11) is -0.913. The summed E-state index contributed by atoms with van der Waals surface area (Å²) in [4.78, 5) is 0. The third-order valence-electron chi connectivity index (χ3n) is 3.70. The van der Waals surface area contributed by atoms with Crippen molar-refractivity contribution < 1.29 is 8.42 Å². The number of aryl methyl sites for hydroxylation is 2. The van der Waals surface area contributed by atoms with E-state index in [1.807, 2.05) is 24.7 Å². The molecule has 2 rings (SSSR count). The molecule has 0 radical (unpaired) electrons. The highest BCUT2D eigenvalue weighted by Crippen LogP contribution is 2.29. The summed E-state index contributed by atoms with van der Waals surface area (Å²) in [6, 6.07) is 2.04. The van der Waals surface area contributed by atoms with Crippen molar-refractivity contribution in [3.05, 3.63) is 17.5 Å². The highest BCUT2D eigenvalue weighted by Gasteiger charge is 2.33. The highest BCUT2D eigenvalue weighted by atomic mass is 35.5. The third-order valence-corrected chi connectivity index (χ3v) is 5.89. The van der Waals surface area contributed by atoms with Crippen molar-refractivity contribution in [3.8, 4) is 0 Å². The quantitative estimate of drug-likeness (QED) is 0.791. The van der Waals surface area contributed by atoms with Gasteiger partial charge in [0.05, 0.1) is 17.2 Å². The zero-order valence-corrected chi connectivity index (χ0v) is 12.3. The summed E-state index contributed by atoms with van der Waals surface area (Å²) in [6.45, 7) is 1.96. The second-order valence-electron chi connectivity index (χ2n) is 5.18. The number of alkyl halides is 1. The molecule has 0 N–H and O–H groups in total. The van der Waals surface area contributed by atoms with Crippen LogP contribution in [0.25, 0.3) is 0 Å². The molecule has 2 heterocycles. The van der Waals surface area contributed by atoms with Gasteiger partial charge in [-0.1, -0.05) is 0 Å². The van der Waals surface area contributed by atoms with Crippen molar-refractivity contribution in [2.75, 3.05) is 17.4 Å². The van der Waals surface area contributed by atoms with Crippen LogP contribution in [-0.2, 0) is 23.3 Å². The Morgan fingerprint density at radius 2 is 2.33 bits per heavy atom. The fourth-order valence-electron chi connectivity index (χ4n) is 2.67. The summed E-state index contributed by atoms with van der Waals surface area (Å²) in [5.41, 5.74) is 2.11. The SMILES string of the molecule is Cc1cc(CC(CCl)C2CCS(=O)(=O)C2)n(C)n1. The molecule has 0 amide bonds. The maximum absolute atomic E-state index is 11.5. The second-order valence-corrected chi connectivity index (χ2v) is 7.72. The van der Waals surface area contributed by atoms with E-state index >= 15 is 0 Å². The molecule has 2 unspecified atom stereocenters. The molecule has 1 aromatic heterocycles. The molecule has 0 saturated carbocycles. The Balaban J connectivity index is 2.08.